The van der Waals surface area contributed by atoms with Crippen LogP contribution in [-0.4, -0.2) is 35.9 Å². The Morgan fingerprint density at radius 2 is 1.45 bits per heavy atom. The number of nitrogens with zero attached hydrogens (tertiary/aromatic N) is 1. The maximum Gasteiger partial charge on any atom is 0.264 e. The van der Waals surface area contributed by atoms with Crippen molar-refractivity contribution in [2.24, 2.45) is 0 Å². The lowest BCUT2D eigenvalue weighted by atomic mass is 10.2. The topological polar surface area (TPSA) is 122 Å². The van der Waals surface area contributed by atoms with Crippen LogP contribution in [0.25, 0.3) is 0 Å². The van der Waals surface area contributed by atoms with E-state index < -0.39 is 32.5 Å². The highest BCUT2D eigenvalue weighted by Crippen LogP contribution is 2.26. The Kier molecular flexibility index (Phi) is 8.76. The number of benzene rings is 4. The van der Waals surface area contributed by atoms with Gasteiger partial charge in [0.2, 0.25) is 5.91 Å². The van der Waals surface area contributed by atoms with Crippen LogP contribution in [-0.2, 0) is 24.8 Å². The minimum absolute atomic E-state index is 0.00896. The molecule has 208 valence electrons. The number of hydrogen-bond donors (Lipinski definition) is 2. The summed E-state index contributed by atoms with van der Waals surface area (Å²) in [6.07, 6.45) is 0. The lowest BCUT2D eigenvalue weighted by Crippen LogP contribution is -2.38. The van der Waals surface area contributed by atoms with E-state index in [1.54, 1.807) is 60.7 Å². The van der Waals surface area contributed by atoms with Gasteiger partial charge in [-0.05, 0) is 92.2 Å². The van der Waals surface area contributed by atoms with Gasteiger partial charge in [-0.2, -0.15) is 0 Å². The van der Waals surface area contributed by atoms with Gasteiger partial charge in [-0.15, -0.1) is 0 Å². The van der Waals surface area contributed by atoms with Crippen molar-refractivity contribution in [1.29, 1.82) is 0 Å². The van der Waals surface area contributed by atoms with Gasteiger partial charge in [0.15, 0.2) is 0 Å². The van der Waals surface area contributed by atoms with E-state index in [1.165, 1.54) is 36.4 Å². The molecule has 11 heteroatoms. The largest absolute Gasteiger partial charge is 0.494 e. The number of amides is 1. The summed E-state index contributed by atoms with van der Waals surface area (Å²) in [4.78, 5) is 13.1. The van der Waals surface area contributed by atoms with E-state index in [2.05, 4.69) is 10.0 Å². The molecule has 4 aromatic carbocycles. The third-order valence-corrected chi connectivity index (χ3v) is 8.96. The van der Waals surface area contributed by atoms with E-state index in [9.17, 15) is 21.6 Å². The van der Waals surface area contributed by atoms with Crippen molar-refractivity contribution in [2.75, 3.05) is 27.5 Å². The minimum atomic E-state index is -4.08. The Morgan fingerprint density at radius 1 is 0.775 bits per heavy atom. The Bertz CT molecular complexity index is 1670. The van der Waals surface area contributed by atoms with Gasteiger partial charge in [0.05, 0.1) is 22.1 Å². The van der Waals surface area contributed by atoms with E-state index in [1.807, 2.05) is 19.9 Å². The highest BCUT2D eigenvalue weighted by molar-refractivity contribution is 7.93. The van der Waals surface area contributed by atoms with Crippen molar-refractivity contribution < 1.29 is 26.4 Å². The van der Waals surface area contributed by atoms with Crippen LogP contribution in [0.5, 0.6) is 5.75 Å². The second-order valence-corrected chi connectivity index (χ2v) is 12.3. The molecule has 0 aromatic heterocycles. The molecule has 0 aliphatic heterocycles. The number of sulfonamides is 2. The van der Waals surface area contributed by atoms with Gasteiger partial charge in [-0.1, -0.05) is 30.3 Å². The Hall–Kier alpha value is -4.35. The zero-order chi connectivity index (χ0) is 28.8. The van der Waals surface area contributed by atoms with Crippen molar-refractivity contribution >= 4 is 43.0 Å². The second kappa shape index (κ2) is 12.2. The lowest BCUT2D eigenvalue weighted by molar-refractivity contribution is -0.114. The van der Waals surface area contributed by atoms with Crippen LogP contribution in [0.4, 0.5) is 17.1 Å². The zero-order valence-electron chi connectivity index (χ0n) is 21.9. The van der Waals surface area contributed by atoms with Gasteiger partial charge in [0.25, 0.3) is 20.0 Å². The normalized spacial score (nSPS) is 11.4. The van der Waals surface area contributed by atoms with Gasteiger partial charge in [-0.3, -0.25) is 13.8 Å². The van der Waals surface area contributed by atoms with Gasteiger partial charge < -0.3 is 10.1 Å². The summed E-state index contributed by atoms with van der Waals surface area (Å²) >= 11 is 0. The first-order valence-corrected chi connectivity index (χ1v) is 15.3. The molecule has 9 nitrogen and oxygen atoms in total. The predicted octanol–water partition coefficient (Wildman–Crippen LogP) is 5.03. The number of ether oxygens (including phenoxy) is 1. The van der Waals surface area contributed by atoms with Gasteiger partial charge in [0, 0.05) is 11.4 Å². The van der Waals surface area contributed by atoms with Gasteiger partial charge >= 0.3 is 0 Å². The summed E-state index contributed by atoms with van der Waals surface area (Å²) in [6, 6.07) is 26.8. The van der Waals surface area contributed by atoms with Crippen molar-refractivity contribution in [1.82, 2.24) is 0 Å². The molecule has 0 unspecified atom stereocenters. The smallest absolute Gasteiger partial charge is 0.264 e. The minimum Gasteiger partial charge on any atom is -0.494 e. The molecule has 0 radical (unpaired) electrons. The third-order valence-electron chi connectivity index (χ3n) is 5.77. The van der Waals surface area contributed by atoms with Crippen LogP contribution in [0.2, 0.25) is 0 Å². The van der Waals surface area contributed by atoms with Crippen molar-refractivity contribution in [3.8, 4) is 5.75 Å². The summed E-state index contributed by atoms with van der Waals surface area (Å²) in [5.41, 5.74) is 1.94. The van der Waals surface area contributed by atoms with Crippen LogP contribution < -0.4 is 19.1 Å². The molecule has 0 spiro atoms. The van der Waals surface area contributed by atoms with Gasteiger partial charge in [0.1, 0.15) is 12.3 Å². The molecule has 2 N–H and O–H groups in total. The lowest BCUT2D eigenvalue weighted by Gasteiger charge is -2.24. The Balaban J connectivity index is 1.52. The molecular weight excluding hydrogens is 550 g/mol. The maximum absolute atomic E-state index is 13.5. The maximum atomic E-state index is 13.5. The summed E-state index contributed by atoms with van der Waals surface area (Å²) in [6.45, 7) is 3.64. The average Bonchev–Trinajstić information content (AvgIpc) is 2.93. The molecule has 0 heterocycles. The zero-order valence-corrected chi connectivity index (χ0v) is 23.6. The number of aryl methyl sites for hydroxylation is 1. The Labute approximate surface area is 234 Å². The molecule has 0 fully saturated rings. The molecular formula is C29H29N3O6S2. The van der Waals surface area contributed by atoms with E-state index in [-0.39, 0.29) is 15.5 Å². The van der Waals surface area contributed by atoms with Crippen LogP contribution >= 0.6 is 0 Å². The summed E-state index contributed by atoms with van der Waals surface area (Å²) < 4.78 is 61.5. The molecule has 4 rings (SSSR count). The average molecular weight is 580 g/mol. The first-order chi connectivity index (χ1) is 19.1. The van der Waals surface area contributed by atoms with E-state index in [0.717, 1.165) is 9.87 Å². The number of rotatable bonds is 11. The first kappa shape index (κ1) is 28.7. The van der Waals surface area contributed by atoms with E-state index in [0.29, 0.717) is 23.7 Å². The third kappa shape index (κ3) is 6.99. The number of anilines is 3. The first-order valence-electron chi connectivity index (χ1n) is 12.4. The van der Waals surface area contributed by atoms with Crippen LogP contribution in [0.15, 0.2) is 113 Å². The SMILES string of the molecule is CCOc1ccc(N(CC(=O)Nc2ccc(S(=O)(=O)Nc3cccc(C)c3)cc2)S(=O)(=O)c2ccccc2)cc1. The van der Waals surface area contributed by atoms with E-state index >= 15 is 0 Å². The highest BCUT2D eigenvalue weighted by atomic mass is 32.2. The van der Waals surface area contributed by atoms with Crippen LogP contribution in [0, 0.1) is 6.92 Å². The van der Waals surface area contributed by atoms with Crippen molar-refractivity contribution in [3.63, 3.8) is 0 Å². The van der Waals surface area contributed by atoms with Crippen molar-refractivity contribution in [2.45, 2.75) is 23.6 Å². The fraction of sp³-hybridized carbons (Fsp3) is 0.138. The van der Waals surface area contributed by atoms with Crippen LogP contribution in [0.3, 0.4) is 0 Å². The molecule has 40 heavy (non-hydrogen) atoms. The quantitative estimate of drug-likeness (QED) is 0.257. The second-order valence-electron chi connectivity index (χ2n) is 8.80. The number of hydrogen-bond acceptors (Lipinski definition) is 6. The summed E-state index contributed by atoms with van der Waals surface area (Å²) in [5, 5.41) is 2.65. The molecule has 0 atom stereocenters. The molecule has 1 amide bonds. The number of nitrogens with one attached hydrogen (secondary N) is 2. The van der Waals surface area contributed by atoms with Crippen LogP contribution in [0.1, 0.15) is 12.5 Å². The number of carbonyl (C=O) groups is 1. The molecule has 0 aliphatic rings. The predicted molar refractivity (Wildman–Crippen MR) is 156 cm³/mol. The molecule has 0 saturated heterocycles. The van der Waals surface area contributed by atoms with Crippen molar-refractivity contribution in [3.05, 3.63) is 109 Å². The number of carbonyl (C=O) groups excluding carboxylic acids is 1. The standard InChI is InChI=1S/C29H29N3O6S2/c1-3-38-26-16-14-25(15-17-26)32(40(36,37)28-10-5-4-6-11-28)21-29(33)30-23-12-18-27(19-13-23)39(34,35)31-24-9-7-8-22(2)20-24/h4-20,31H,3,21H2,1-2H3,(H,30,33). The molecule has 0 saturated carbocycles. The Morgan fingerprint density at radius 3 is 2.08 bits per heavy atom. The fourth-order valence-corrected chi connectivity index (χ4v) is 6.37. The molecule has 4 aromatic rings. The fourth-order valence-electron chi connectivity index (χ4n) is 3.88. The monoisotopic (exact) mass is 579 g/mol. The highest BCUT2D eigenvalue weighted by Gasteiger charge is 2.27. The molecule has 0 aliphatic carbocycles. The summed E-state index contributed by atoms with van der Waals surface area (Å²) in [7, 11) is -7.93. The van der Waals surface area contributed by atoms with Gasteiger partial charge in [-0.25, -0.2) is 16.8 Å². The van der Waals surface area contributed by atoms with E-state index in [4.69, 9.17) is 4.74 Å². The molecule has 0 bridgehead atoms. The summed E-state index contributed by atoms with van der Waals surface area (Å²) in [5.74, 6) is -0.0402.